The van der Waals surface area contributed by atoms with Crippen molar-refractivity contribution in [1.29, 1.82) is 0 Å². The number of hydrogen-bond acceptors (Lipinski definition) is 4. The van der Waals surface area contributed by atoms with Crippen molar-refractivity contribution in [3.8, 4) is 11.1 Å². The summed E-state index contributed by atoms with van der Waals surface area (Å²) in [5, 5.41) is 6.63. The fourth-order valence-corrected chi connectivity index (χ4v) is 3.06. The second-order valence-electron chi connectivity index (χ2n) is 6.82. The molecule has 4 aromatic rings. The van der Waals surface area contributed by atoms with Crippen molar-refractivity contribution < 1.29 is 9.18 Å². The van der Waals surface area contributed by atoms with Crippen LogP contribution in [0.3, 0.4) is 0 Å². The van der Waals surface area contributed by atoms with Crippen molar-refractivity contribution in [2.75, 3.05) is 5.32 Å². The second-order valence-corrected chi connectivity index (χ2v) is 7.25. The number of hydrogen-bond donors (Lipinski definition) is 2. The molecule has 0 aliphatic rings. The zero-order chi connectivity index (χ0) is 21.6. The molecule has 0 saturated carbocycles. The number of benzene rings is 3. The highest BCUT2D eigenvalue weighted by molar-refractivity contribution is 6.30. The molecule has 0 aliphatic heterocycles. The Balaban J connectivity index is 1.40. The summed E-state index contributed by atoms with van der Waals surface area (Å²) in [6.07, 6.45) is 3.32. The van der Waals surface area contributed by atoms with E-state index in [-0.39, 0.29) is 11.7 Å². The molecule has 2 N–H and O–H groups in total. The first-order valence-corrected chi connectivity index (χ1v) is 9.92. The Morgan fingerprint density at radius 2 is 1.61 bits per heavy atom. The minimum Gasteiger partial charge on any atom is -0.348 e. The summed E-state index contributed by atoms with van der Waals surface area (Å²) in [5.74, 6) is -0.0872. The van der Waals surface area contributed by atoms with Gasteiger partial charge in [-0.15, -0.1) is 0 Å². The van der Waals surface area contributed by atoms with Gasteiger partial charge in [0.25, 0.3) is 5.91 Å². The molecule has 0 saturated heterocycles. The Morgan fingerprint density at radius 3 is 2.32 bits per heavy atom. The lowest BCUT2D eigenvalue weighted by Crippen LogP contribution is -2.22. The molecule has 1 amide bonds. The van der Waals surface area contributed by atoms with Gasteiger partial charge in [0.1, 0.15) is 5.82 Å². The molecule has 1 heterocycles. The highest BCUT2D eigenvalue weighted by Crippen LogP contribution is 2.20. The Hall–Kier alpha value is -3.77. The monoisotopic (exact) mass is 432 g/mol. The van der Waals surface area contributed by atoms with Crippen LogP contribution in [-0.4, -0.2) is 15.9 Å². The third kappa shape index (κ3) is 5.43. The molecule has 0 bridgehead atoms. The minimum atomic E-state index is -0.292. The third-order valence-corrected chi connectivity index (χ3v) is 4.83. The normalized spacial score (nSPS) is 10.5. The maximum absolute atomic E-state index is 13.1. The first-order valence-electron chi connectivity index (χ1n) is 9.54. The smallest absolute Gasteiger partial charge is 0.251 e. The Bertz CT molecular complexity index is 1180. The van der Waals surface area contributed by atoms with E-state index in [2.05, 4.69) is 20.6 Å². The Labute approximate surface area is 184 Å². The molecule has 4 rings (SSSR count). The van der Waals surface area contributed by atoms with Crippen LogP contribution in [0.4, 0.5) is 16.0 Å². The Kier molecular flexibility index (Phi) is 6.19. The minimum absolute atomic E-state index is 0.189. The average molecular weight is 433 g/mol. The molecule has 5 nitrogen and oxygen atoms in total. The number of nitrogens with zero attached hydrogens (tertiary/aromatic N) is 2. The molecule has 0 radical (unpaired) electrons. The fraction of sp³-hybridized carbons (Fsp3) is 0.0417. The van der Waals surface area contributed by atoms with Crippen molar-refractivity contribution in [3.63, 3.8) is 0 Å². The van der Waals surface area contributed by atoms with E-state index in [1.807, 2.05) is 18.2 Å². The van der Waals surface area contributed by atoms with Gasteiger partial charge >= 0.3 is 0 Å². The molecular weight excluding hydrogens is 415 g/mol. The number of carbonyl (C=O) groups excluding carboxylic acids is 1. The van der Waals surface area contributed by atoms with E-state index in [4.69, 9.17) is 11.6 Å². The van der Waals surface area contributed by atoms with E-state index in [9.17, 15) is 9.18 Å². The van der Waals surface area contributed by atoms with Crippen LogP contribution >= 0.6 is 11.6 Å². The molecule has 3 aromatic carbocycles. The van der Waals surface area contributed by atoms with Crippen molar-refractivity contribution >= 4 is 29.1 Å². The number of halogens is 2. The van der Waals surface area contributed by atoms with Crippen LogP contribution in [0, 0.1) is 5.82 Å². The number of anilines is 2. The molecule has 0 fully saturated rings. The van der Waals surface area contributed by atoms with Gasteiger partial charge in [0, 0.05) is 40.8 Å². The SMILES string of the molecule is O=C(NCc1ccc(Cl)cc1)c1cccc(Nc2ncc(-c3ccc(F)cc3)cn2)c1. The summed E-state index contributed by atoms with van der Waals surface area (Å²) >= 11 is 5.88. The number of nitrogens with one attached hydrogen (secondary N) is 2. The van der Waals surface area contributed by atoms with Crippen LogP contribution < -0.4 is 10.6 Å². The van der Waals surface area contributed by atoms with Gasteiger partial charge in [-0.2, -0.15) is 0 Å². The summed E-state index contributed by atoms with van der Waals surface area (Å²) in [6, 6.07) is 20.5. The lowest BCUT2D eigenvalue weighted by atomic mass is 10.1. The second kappa shape index (κ2) is 9.36. The molecule has 0 unspecified atom stereocenters. The number of amides is 1. The molecular formula is C24H18ClFN4O. The highest BCUT2D eigenvalue weighted by atomic mass is 35.5. The van der Waals surface area contributed by atoms with Crippen molar-refractivity contribution in [2.45, 2.75) is 6.54 Å². The summed E-state index contributed by atoms with van der Waals surface area (Å²) in [6.45, 7) is 0.404. The van der Waals surface area contributed by atoms with Crippen molar-refractivity contribution in [3.05, 3.63) is 107 Å². The Morgan fingerprint density at radius 1 is 0.903 bits per heavy atom. The van der Waals surface area contributed by atoms with Crippen LogP contribution in [0.5, 0.6) is 0 Å². The number of carbonyl (C=O) groups is 1. The van der Waals surface area contributed by atoms with Gasteiger partial charge in [0.05, 0.1) is 0 Å². The quantitative estimate of drug-likeness (QED) is 0.415. The van der Waals surface area contributed by atoms with Gasteiger partial charge in [-0.25, -0.2) is 14.4 Å². The molecule has 154 valence electrons. The van der Waals surface area contributed by atoms with E-state index in [0.717, 1.165) is 16.7 Å². The molecule has 0 aliphatic carbocycles. The zero-order valence-corrected chi connectivity index (χ0v) is 17.1. The van der Waals surface area contributed by atoms with E-state index >= 15 is 0 Å². The van der Waals surface area contributed by atoms with Gasteiger partial charge < -0.3 is 10.6 Å². The predicted molar refractivity (Wildman–Crippen MR) is 120 cm³/mol. The average Bonchev–Trinajstić information content (AvgIpc) is 2.80. The molecule has 31 heavy (non-hydrogen) atoms. The third-order valence-electron chi connectivity index (χ3n) is 4.58. The van der Waals surface area contributed by atoms with Crippen LogP contribution in [0.15, 0.2) is 85.2 Å². The van der Waals surface area contributed by atoms with E-state index in [0.29, 0.717) is 28.8 Å². The van der Waals surface area contributed by atoms with Crippen LogP contribution in [0.25, 0.3) is 11.1 Å². The van der Waals surface area contributed by atoms with Gasteiger partial charge in [-0.3, -0.25) is 4.79 Å². The molecule has 1 aromatic heterocycles. The topological polar surface area (TPSA) is 66.9 Å². The van der Waals surface area contributed by atoms with Crippen LogP contribution in [-0.2, 0) is 6.54 Å². The predicted octanol–water partition coefficient (Wildman–Crippen LogP) is 5.61. The zero-order valence-electron chi connectivity index (χ0n) is 16.3. The summed E-state index contributed by atoms with van der Waals surface area (Å²) in [4.78, 5) is 21.1. The first kappa shape index (κ1) is 20.5. The summed E-state index contributed by atoms with van der Waals surface area (Å²) in [5.41, 5.74) is 3.77. The van der Waals surface area contributed by atoms with Gasteiger partial charge in [-0.1, -0.05) is 41.9 Å². The maximum Gasteiger partial charge on any atom is 0.251 e. The molecule has 0 atom stereocenters. The van der Waals surface area contributed by atoms with Gasteiger partial charge in [-0.05, 0) is 53.6 Å². The standard InChI is InChI=1S/C24H18ClFN4O/c25-20-8-4-16(5-9-20)13-27-23(31)18-2-1-3-22(12-18)30-24-28-14-19(15-29-24)17-6-10-21(26)11-7-17/h1-12,14-15H,13H2,(H,27,31)(H,28,29,30). The van der Waals surface area contributed by atoms with E-state index < -0.39 is 0 Å². The van der Waals surface area contributed by atoms with Crippen LogP contribution in [0.2, 0.25) is 5.02 Å². The lowest BCUT2D eigenvalue weighted by Gasteiger charge is -2.09. The first-order chi connectivity index (χ1) is 15.1. The van der Waals surface area contributed by atoms with Crippen molar-refractivity contribution in [2.24, 2.45) is 0 Å². The maximum atomic E-state index is 13.1. The number of rotatable bonds is 6. The van der Waals surface area contributed by atoms with E-state index in [1.54, 1.807) is 54.9 Å². The van der Waals surface area contributed by atoms with Crippen LogP contribution in [0.1, 0.15) is 15.9 Å². The molecule has 0 spiro atoms. The molecule has 7 heteroatoms. The summed E-state index contributed by atoms with van der Waals surface area (Å²) in [7, 11) is 0. The van der Waals surface area contributed by atoms with Gasteiger partial charge in [0.15, 0.2) is 0 Å². The lowest BCUT2D eigenvalue weighted by molar-refractivity contribution is 0.0951. The van der Waals surface area contributed by atoms with Crippen molar-refractivity contribution in [1.82, 2.24) is 15.3 Å². The number of aromatic nitrogens is 2. The van der Waals surface area contributed by atoms with Gasteiger partial charge in [0.2, 0.25) is 5.95 Å². The summed E-state index contributed by atoms with van der Waals surface area (Å²) < 4.78 is 13.1. The fourth-order valence-electron chi connectivity index (χ4n) is 2.94. The largest absolute Gasteiger partial charge is 0.348 e. The van der Waals surface area contributed by atoms with E-state index in [1.165, 1.54) is 12.1 Å². The highest BCUT2D eigenvalue weighted by Gasteiger charge is 2.08.